The van der Waals surface area contributed by atoms with Gasteiger partial charge in [0.1, 0.15) is 0 Å². The number of hydrogen-bond donors (Lipinski definition) is 1. The summed E-state index contributed by atoms with van der Waals surface area (Å²) in [5.74, 6) is 1.06. The zero-order chi connectivity index (χ0) is 9.84. The highest BCUT2D eigenvalue weighted by Gasteiger charge is 2.27. The highest BCUT2D eigenvalue weighted by atomic mass is 16.1. The van der Waals surface area contributed by atoms with Crippen molar-refractivity contribution in [3.05, 3.63) is 0 Å². The van der Waals surface area contributed by atoms with Crippen molar-refractivity contribution in [2.45, 2.75) is 52.5 Å². The number of nitrogens with one attached hydrogen (secondary N) is 1. The minimum absolute atomic E-state index is 0.123. The third-order valence-electron chi connectivity index (χ3n) is 3.04. The molecule has 2 unspecified atom stereocenters. The van der Waals surface area contributed by atoms with Crippen LogP contribution in [0.15, 0.2) is 0 Å². The van der Waals surface area contributed by atoms with Gasteiger partial charge in [-0.3, -0.25) is 4.79 Å². The lowest BCUT2D eigenvalue weighted by molar-refractivity contribution is -0.124. The molecule has 76 valence electrons. The molecule has 0 bridgehead atoms. The van der Waals surface area contributed by atoms with Crippen molar-refractivity contribution in [1.29, 1.82) is 0 Å². The van der Waals surface area contributed by atoms with Crippen molar-refractivity contribution in [3.8, 4) is 0 Å². The summed E-state index contributed by atoms with van der Waals surface area (Å²) < 4.78 is 0. The van der Waals surface area contributed by atoms with E-state index in [4.69, 9.17) is 0 Å². The second-order valence-electron chi connectivity index (χ2n) is 4.37. The monoisotopic (exact) mass is 183 g/mol. The van der Waals surface area contributed by atoms with Crippen molar-refractivity contribution in [2.24, 2.45) is 11.8 Å². The average Bonchev–Trinajstić information content (AvgIpc) is 2.51. The maximum absolute atomic E-state index is 11.4. The van der Waals surface area contributed by atoms with Crippen molar-refractivity contribution in [2.75, 3.05) is 0 Å². The van der Waals surface area contributed by atoms with E-state index < -0.39 is 0 Å². The SMILES string of the molecule is CCC1CCCC1NC(=O)C(C)C. The molecule has 1 saturated carbocycles. The third-order valence-corrected chi connectivity index (χ3v) is 3.04. The van der Waals surface area contributed by atoms with Gasteiger partial charge in [-0.05, 0) is 18.8 Å². The van der Waals surface area contributed by atoms with E-state index in [1.807, 2.05) is 13.8 Å². The quantitative estimate of drug-likeness (QED) is 0.715. The predicted octanol–water partition coefficient (Wildman–Crippen LogP) is 2.34. The van der Waals surface area contributed by atoms with Crippen LogP contribution < -0.4 is 5.32 Å². The van der Waals surface area contributed by atoms with Gasteiger partial charge in [-0.1, -0.05) is 33.6 Å². The lowest BCUT2D eigenvalue weighted by Gasteiger charge is -2.20. The molecule has 1 amide bonds. The Labute approximate surface area is 81.1 Å². The molecule has 0 aliphatic heterocycles. The first kappa shape index (κ1) is 10.6. The minimum atomic E-state index is 0.123. The van der Waals surface area contributed by atoms with Crippen LogP contribution in [0.4, 0.5) is 0 Å². The third kappa shape index (κ3) is 2.71. The Bertz CT molecular complexity index is 177. The fourth-order valence-electron chi connectivity index (χ4n) is 2.06. The second kappa shape index (κ2) is 4.64. The minimum Gasteiger partial charge on any atom is -0.353 e. The van der Waals surface area contributed by atoms with E-state index in [1.54, 1.807) is 0 Å². The van der Waals surface area contributed by atoms with Crippen LogP contribution in [0.2, 0.25) is 0 Å². The molecule has 0 aromatic rings. The molecule has 1 rings (SSSR count). The molecule has 2 nitrogen and oxygen atoms in total. The standard InChI is InChI=1S/C11H21NO/c1-4-9-6-5-7-10(9)12-11(13)8(2)3/h8-10H,4-7H2,1-3H3,(H,12,13). The van der Waals surface area contributed by atoms with Crippen LogP contribution in [-0.2, 0) is 4.79 Å². The first-order chi connectivity index (χ1) is 6.15. The van der Waals surface area contributed by atoms with Gasteiger partial charge in [0.05, 0.1) is 0 Å². The van der Waals surface area contributed by atoms with Gasteiger partial charge in [0.15, 0.2) is 0 Å². The summed E-state index contributed by atoms with van der Waals surface area (Å²) in [6.45, 7) is 6.11. The van der Waals surface area contributed by atoms with Crippen LogP contribution in [0, 0.1) is 11.8 Å². The van der Waals surface area contributed by atoms with Gasteiger partial charge in [-0.25, -0.2) is 0 Å². The molecular formula is C11H21NO. The molecular weight excluding hydrogens is 162 g/mol. The zero-order valence-electron chi connectivity index (χ0n) is 8.97. The first-order valence-electron chi connectivity index (χ1n) is 5.45. The van der Waals surface area contributed by atoms with Gasteiger partial charge in [0.2, 0.25) is 5.91 Å². The second-order valence-corrected chi connectivity index (χ2v) is 4.37. The molecule has 0 spiro atoms. The Kier molecular flexibility index (Phi) is 3.76. The van der Waals surface area contributed by atoms with Gasteiger partial charge >= 0.3 is 0 Å². The fraction of sp³-hybridized carbons (Fsp3) is 0.909. The van der Waals surface area contributed by atoms with Crippen molar-refractivity contribution < 1.29 is 4.79 Å². The Morgan fingerprint density at radius 1 is 1.46 bits per heavy atom. The largest absolute Gasteiger partial charge is 0.353 e. The van der Waals surface area contributed by atoms with Crippen molar-refractivity contribution in [1.82, 2.24) is 5.32 Å². The zero-order valence-corrected chi connectivity index (χ0v) is 8.97. The maximum Gasteiger partial charge on any atom is 0.222 e. The van der Waals surface area contributed by atoms with Crippen molar-refractivity contribution >= 4 is 5.91 Å². The number of hydrogen-bond acceptors (Lipinski definition) is 1. The Balaban J connectivity index is 2.39. The molecule has 0 radical (unpaired) electrons. The summed E-state index contributed by atoms with van der Waals surface area (Å²) in [5.41, 5.74) is 0. The fourth-order valence-corrected chi connectivity index (χ4v) is 2.06. The molecule has 1 aliphatic rings. The highest BCUT2D eigenvalue weighted by molar-refractivity contribution is 5.78. The predicted molar refractivity (Wildman–Crippen MR) is 54.4 cm³/mol. The summed E-state index contributed by atoms with van der Waals surface area (Å²) in [6.07, 6.45) is 4.95. The molecule has 0 saturated heterocycles. The van der Waals surface area contributed by atoms with Crippen LogP contribution in [-0.4, -0.2) is 11.9 Å². The smallest absolute Gasteiger partial charge is 0.222 e. The molecule has 0 heterocycles. The first-order valence-corrected chi connectivity index (χ1v) is 5.45. The van der Waals surface area contributed by atoms with E-state index in [1.165, 1.54) is 25.7 Å². The molecule has 1 aliphatic carbocycles. The van der Waals surface area contributed by atoms with Crippen LogP contribution in [0.1, 0.15) is 46.5 Å². The number of carbonyl (C=O) groups excluding carboxylic acids is 1. The lowest BCUT2D eigenvalue weighted by Crippen LogP contribution is -2.39. The summed E-state index contributed by atoms with van der Waals surface area (Å²) in [7, 11) is 0. The van der Waals surface area contributed by atoms with Gasteiger partial charge < -0.3 is 5.32 Å². The average molecular weight is 183 g/mol. The summed E-state index contributed by atoms with van der Waals surface area (Å²) >= 11 is 0. The van der Waals surface area contributed by atoms with E-state index in [0.717, 1.165) is 5.92 Å². The van der Waals surface area contributed by atoms with Crippen LogP contribution in [0.5, 0.6) is 0 Å². The lowest BCUT2D eigenvalue weighted by atomic mass is 10.00. The molecule has 0 aromatic heterocycles. The number of amides is 1. The molecule has 0 aromatic carbocycles. The van der Waals surface area contributed by atoms with E-state index >= 15 is 0 Å². The van der Waals surface area contributed by atoms with E-state index in [9.17, 15) is 4.79 Å². The summed E-state index contributed by atoms with van der Waals surface area (Å²) in [4.78, 5) is 11.4. The van der Waals surface area contributed by atoms with Crippen LogP contribution in [0.25, 0.3) is 0 Å². The van der Waals surface area contributed by atoms with E-state index in [0.29, 0.717) is 6.04 Å². The van der Waals surface area contributed by atoms with Crippen LogP contribution in [0.3, 0.4) is 0 Å². The van der Waals surface area contributed by atoms with E-state index in [2.05, 4.69) is 12.2 Å². The Morgan fingerprint density at radius 3 is 2.69 bits per heavy atom. The highest BCUT2D eigenvalue weighted by Crippen LogP contribution is 2.28. The summed E-state index contributed by atoms with van der Waals surface area (Å²) in [6, 6.07) is 0.458. The van der Waals surface area contributed by atoms with Gasteiger partial charge in [0, 0.05) is 12.0 Å². The van der Waals surface area contributed by atoms with E-state index in [-0.39, 0.29) is 11.8 Å². The topological polar surface area (TPSA) is 29.1 Å². The number of carbonyl (C=O) groups is 1. The molecule has 2 heteroatoms. The molecule has 1 fully saturated rings. The molecule has 2 atom stereocenters. The Hall–Kier alpha value is -0.530. The van der Waals surface area contributed by atoms with Gasteiger partial charge in [-0.2, -0.15) is 0 Å². The van der Waals surface area contributed by atoms with Gasteiger partial charge in [0.25, 0.3) is 0 Å². The number of rotatable bonds is 3. The van der Waals surface area contributed by atoms with Crippen LogP contribution >= 0.6 is 0 Å². The van der Waals surface area contributed by atoms with Gasteiger partial charge in [-0.15, -0.1) is 0 Å². The maximum atomic E-state index is 11.4. The summed E-state index contributed by atoms with van der Waals surface area (Å²) in [5, 5.41) is 3.14. The molecule has 13 heavy (non-hydrogen) atoms. The normalized spacial score (nSPS) is 28.0. The Morgan fingerprint density at radius 2 is 2.15 bits per heavy atom. The molecule has 1 N–H and O–H groups in total. The van der Waals surface area contributed by atoms with Crippen molar-refractivity contribution in [3.63, 3.8) is 0 Å².